The quantitative estimate of drug-likeness (QED) is 0.212. The summed E-state index contributed by atoms with van der Waals surface area (Å²) in [6.07, 6.45) is 3.88. The lowest BCUT2D eigenvalue weighted by Crippen LogP contribution is -2.31. The molecular formula is C30H31O3S+. The summed E-state index contributed by atoms with van der Waals surface area (Å²) in [7, 11) is -0.0682. The zero-order valence-corrected chi connectivity index (χ0v) is 20.9. The van der Waals surface area contributed by atoms with Crippen LogP contribution >= 0.6 is 10.5 Å². The van der Waals surface area contributed by atoms with Crippen molar-refractivity contribution in [3.05, 3.63) is 94.4 Å². The van der Waals surface area contributed by atoms with Gasteiger partial charge in [-0.3, -0.25) is 0 Å². The molecule has 0 aliphatic heterocycles. The minimum absolute atomic E-state index is 0.0682. The van der Waals surface area contributed by atoms with E-state index in [1.165, 1.54) is 19.9 Å². The van der Waals surface area contributed by atoms with E-state index < -0.39 is 5.60 Å². The Labute approximate surface area is 204 Å². The maximum absolute atomic E-state index is 12.9. The normalized spacial score (nSPS) is 15.4. The van der Waals surface area contributed by atoms with Crippen molar-refractivity contribution >= 4 is 26.5 Å². The largest absolute Gasteiger partial charge is 0.481 e. The van der Waals surface area contributed by atoms with E-state index >= 15 is 0 Å². The van der Waals surface area contributed by atoms with E-state index in [1.807, 2.05) is 18.2 Å². The number of benzene rings is 3. The van der Waals surface area contributed by atoms with Crippen molar-refractivity contribution < 1.29 is 14.3 Å². The van der Waals surface area contributed by atoms with Gasteiger partial charge in [0.2, 0.25) is 0 Å². The van der Waals surface area contributed by atoms with Gasteiger partial charge in [-0.2, -0.15) is 0 Å². The maximum atomic E-state index is 12.9. The molecule has 1 aliphatic carbocycles. The van der Waals surface area contributed by atoms with Crippen LogP contribution < -0.4 is 4.74 Å². The predicted molar refractivity (Wildman–Crippen MR) is 140 cm³/mol. The highest BCUT2D eigenvalue weighted by Crippen LogP contribution is 2.45. The molecule has 4 aromatic rings. The van der Waals surface area contributed by atoms with Crippen LogP contribution in [0.3, 0.4) is 0 Å². The number of ether oxygens (including phenoxy) is 2. The van der Waals surface area contributed by atoms with Crippen LogP contribution in [0.15, 0.2) is 72.8 Å². The van der Waals surface area contributed by atoms with Gasteiger partial charge < -0.3 is 9.47 Å². The second kappa shape index (κ2) is 9.27. The molecule has 34 heavy (non-hydrogen) atoms. The molecule has 0 N–H and O–H groups in total. The molecule has 0 bridgehead atoms. The highest BCUT2D eigenvalue weighted by molar-refractivity contribution is 7.45. The molecule has 1 fully saturated rings. The Kier molecular flexibility index (Phi) is 6.18. The maximum Gasteiger partial charge on any atom is 0.345 e. The molecule has 1 saturated carbocycles. The zero-order valence-electron chi connectivity index (χ0n) is 20.1. The van der Waals surface area contributed by atoms with Crippen molar-refractivity contribution in [2.45, 2.75) is 52.1 Å². The summed E-state index contributed by atoms with van der Waals surface area (Å²) in [5.41, 5.74) is 2.66. The van der Waals surface area contributed by atoms with Crippen LogP contribution in [-0.4, -0.2) is 12.6 Å². The number of carbonyl (C=O) groups excluding carboxylic acids is 1. The molecule has 0 radical (unpaired) electrons. The molecule has 4 heteroatoms. The second-order valence-electron chi connectivity index (χ2n) is 9.32. The second-order valence-corrected chi connectivity index (χ2v) is 11.5. The lowest BCUT2D eigenvalue weighted by atomic mass is 9.92. The Hall–Kier alpha value is -3.11. The Balaban J connectivity index is 1.34. The highest BCUT2D eigenvalue weighted by atomic mass is 32.2. The summed E-state index contributed by atoms with van der Waals surface area (Å²) >= 11 is 0. The van der Waals surface area contributed by atoms with Crippen LogP contribution in [0.25, 0.3) is 15.0 Å². The lowest BCUT2D eigenvalue weighted by molar-refractivity contribution is -0.163. The van der Waals surface area contributed by atoms with Crippen molar-refractivity contribution in [2.24, 2.45) is 0 Å². The first-order chi connectivity index (χ1) is 16.5. The van der Waals surface area contributed by atoms with Gasteiger partial charge in [-0.05, 0) is 68.4 Å². The Morgan fingerprint density at radius 1 is 0.882 bits per heavy atom. The van der Waals surface area contributed by atoms with Gasteiger partial charge in [-0.15, -0.1) is 0 Å². The molecule has 5 rings (SSSR count). The minimum atomic E-state index is -0.517. The van der Waals surface area contributed by atoms with Crippen LogP contribution in [0.5, 0.6) is 5.75 Å². The van der Waals surface area contributed by atoms with Gasteiger partial charge in [-0.25, -0.2) is 4.79 Å². The number of esters is 1. The van der Waals surface area contributed by atoms with Crippen molar-refractivity contribution in [1.29, 1.82) is 0 Å². The van der Waals surface area contributed by atoms with Crippen LogP contribution in [0, 0.1) is 20.8 Å². The first-order valence-corrected chi connectivity index (χ1v) is 13.2. The predicted octanol–water partition coefficient (Wildman–Crippen LogP) is 7.89. The van der Waals surface area contributed by atoms with Crippen molar-refractivity contribution in [2.75, 3.05) is 6.61 Å². The van der Waals surface area contributed by atoms with Crippen molar-refractivity contribution in [3.8, 4) is 10.6 Å². The third kappa shape index (κ3) is 4.23. The lowest BCUT2D eigenvalue weighted by Gasteiger charge is -2.29. The fourth-order valence-electron chi connectivity index (χ4n) is 5.32. The van der Waals surface area contributed by atoms with E-state index in [4.69, 9.17) is 9.47 Å². The summed E-state index contributed by atoms with van der Waals surface area (Å²) in [6, 6.07) is 25.4. The van der Waals surface area contributed by atoms with E-state index in [9.17, 15) is 4.79 Å². The topological polar surface area (TPSA) is 35.5 Å². The average Bonchev–Trinajstić information content (AvgIpc) is 3.43. The first-order valence-electron chi connectivity index (χ1n) is 12.0. The van der Waals surface area contributed by atoms with Crippen LogP contribution in [0.1, 0.15) is 47.3 Å². The SMILES string of the molecule is Cc1cc(-[s+]2c(C)cc3ccccc32)cc(C)c1OCC(=O)OC1(c2ccccc2)CCCC1. The Morgan fingerprint density at radius 2 is 1.53 bits per heavy atom. The Morgan fingerprint density at radius 3 is 2.24 bits per heavy atom. The molecule has 0 amide bonds. The van der Waals surface area contributed by atoms with Gasteiger partial charge in [0.15, 0.2) is 21.1 Å². The van der Waals surface area contributed by atoms with Crippen LogP contribution in [-0.2, 0) is 15.1 Å². The van der Waals surface area contributed by atoms with Gasteiger partial charge in [0.1, 0.15) is 11.4 Å². The van der Waals surface area contributed by atoms with E-state index in [1.54, 1.807) is 0 Å². The molecule has 0 spiro atoms. The summed E-state index contributed by atoms with van der Waals surface area (Å²) in [5, 5.41) is 1.31. The van der Waals surface area contributed by atoms with Gasteiger partial charge in [0.05, 0.1) is 0 Å². The number of hydrogen-bond donors (Lipinski definition) is 0. The molecule has 1 aliphatic rings. The summed E-state index contributed by atoms with van der Waals surface area (Å²) < 4.78 is 13.5. The third-order valence-corrected chi connectivity index (χ3v) is 9.12. The number of carbonyl (C=O) groups is 1. The number of fused-ring (bicyclic) bond motifs is 1. The summed E-state index contributed by atoms with van der Waals surface area (Å²) in [5.74, 6) is 0.470. The fourth-order valence-corrected chi connectivity index (χ4v) is 7.71. The molecule has 0 saturated heterocycles. The number of rotatable bonds is 6. The number of thiophene rings is 1. The molecule has 1 heterocycles. The summed E-state index contributed by atoms with van der Waals surface area (Å²) in [6.45, 7) is 6.25. The van der Waals surface area contributed by atoms with Gasteiger partial charge >= 0.3 is 5.97 Å². The molecule has 1 atom stereocenters. The number of hydrogen-bond acceptors (Lipinski definition) is 3. The van der Waals surface area contributed by atoms with E-state index in [0.29, 0.717) is 0 Å². The van der Waals surface area contributed by atoms with Crippen molar-refractivity contribution in [1.82, 2.24) is 0 Å². The fraction of sp³-hybridized carbons (Fsp3) is 0.300. The molecule has 1 unspecified atom stereocenters. The monoisotopic (exact) mass is 471 g/mol. The zero-order chi connectivity index (χ0) is 23.7. The van der Waals surface area contributed by atoms with Gasteiger partial charge in [0, 0.05) is 41.0 Å². The molecular weight excluding hydrogens is 440 g/mol. The van der Waals surface area contributed by atoms with Crippen molar-refractivity contribution in [3.63, 3.8) is 0 Å². The molecule has 3 nitrogen and oxygen atoms in total. The van der Waals surface area contributed by atoms with Crippen LogP contribution in [0.4, 0.5) is 0 Å². The Bertz CT molecular complexity index is 1310. The van der Waals surface area contributed by atoms with E-state index in [-0.39, 0.29) is 23.0 Å². The first kappa shape index (κ1) is 22.7. The third-order valence-electron chi connectivity index (χ3n) is 6.84. The molecule has 174 valence electrons. The van der Waals surface area contributed by atoms with Gasteiger partial charge in [-0.1, -0.05) is 42.5 Å². The number of aryl methyl sites for hydroxylation is 3. The van der Waals surface area contributed by atoms with Gasteiger partial charge in [0.25, 0.3) is 0 Å². The van der Waals surface area contributed by atoms with Crippen LogP contribution in [0.2, 0.25) is 0 Å². The summed E-state index contributed by atoms with van der Waals surface area (Å²) in [4.78, 5) is 15.5. The minimum Gasteiger partial charge on any atom is -0.481 e. The standard InChI is InChI=1S/C30H31O3S/c1-21-17-26(34-23(3)19-24-11-7-8-14-27(24)34)18-22(2)29(21)32-20-28(31)33-30(15-9-10-16-30)25-12-5-4-6-13-25/h4-8,11-14,17-19H,9-10,15-16,20H2,1-3H3/q+1. The smallest absolute Gasteiger partial charge is 0.345 e. The van der Waals surface area contributed by atoms with E-state index in [0.717, 1.165) is 48.1 Å². The highest BCUT2D eigenvalue weighted by Gasteiger charge is 2.39. The average molecular weight is 472 g/mol. The molecule has 3 aromatic carbocycles. The van der Waals surface area contributed by atoms with E-state index in [2.05, 4.69) is 75.4 Å². The molecule has 1 aromatic heterocycles.